The van der Waals surface area contributed by atoms with Crippen LogP contribution in [0.5, 0.6) is 5.75 Å². The molecule has 0 saturated carbocycles. The molecular formula is C13H21NO2. The van der Waals surface area contributed by atoms with E-state index in [1.807, 2.05) is 12.1 Å². The topological polar surface area (TPSA) is 44.5 Å². The third kappa shape index (κ3) is 3.83. The zero-order valence-corrected chi connectivity index (χ0v) is 10.3. The predicted molar refractivity (Wildman–Crippen MR) is 65.9 cm³/mol. The number of rotatable bonds is 6. The maximum absolute atomic E-state index is 6.03. The molecule has 0 aliphatic carbocycles. The zero-order chi connectivity index (χ0) is 12.0. The zero-order valence-electron chi connectivity index (χ0n) is 10.3. The van der Waals surface area contributed by atoms with Crippen molar-refractivity contribution in [2.75, 3.05) is 20.8 Å². The fourth-order valence-electron chi connectivity index (χ4n) is 1.72. The summed E-state index contributed by atoms with van der Waals surface area (Å²) in [6, 6.07) is 6.29. The molecule has 2 N–H and O–H groups in total. The van der Waals surface area contributed by atoms with Gasteiger partial charge in [0.05, 0.1) is 7.11 Å². The molecule has 0 saturated heterocycles. The van der Waals surface area contributed by atoms with Crippen LogP contribution in [0.15, 0.2) is 18.2 Å². The van der Waals surface area contributed by atoms with Crippen molar-refractivity contribution >= 4 is 0 Å². The van der Waals surface area contributed by atoms with E-state index in [1.54, 1.807) is 14.2 Å². The highest BCUT2D eigenvalue weighted by atomic mass is 16.5. The third-order valence-electron chi connectivity index (χ3n) is 2.61. The summed E-state index contributed by atoms with van der Waals surface area (Å²) in [6.45, 7) is 2.78. The van der Waals surface area contributed by atoms with E-state index in [-0.39, 0.29) is 6.04 Å². The molecule has 3 nitrogen and oxygen atoms in total. The van der Waals surface area contributed by atoms with Crippen LogP contribution in [0, 0.1) is 6.92 Å². The van der Waals surface area contributed by atoms with Crippen LogP contribution in [0.3, 0.4) is 0 Å². The van der Waals surface area contributed by atoms with E-state index < -0.39 is 0 Å². The average Bonchev–Trinajstić information content (AvgIpc) is 2.27. The van der Waals surface area contributed by atoms with Gasteiger partial charge in [-0.3, -0.25) is 0 Å². The number of methoxy groups -OCH3 is 2. The van der Waals surface area contributed by atoms with Gasteiger partial charge in [0.15, 0.2) is 0 Å². The lowest BCUT2D eigenvalue weighted by Crippen LogP contribution is -2.24. The van der Waals surface area contributed by atoms with Crippen molar-refractivity contribution in [3.05, 3.63) is 29.3 Å². The Morgan fingerprint density at radius 2 is 2.06 bits per heavy atom. The van der Waals surface area contributed by atoms with Gasteiger partial charge in [-0.15, -0.1) is 0 Å². The van der Waals surface area contributed by atoms with Gasteiger partial charge in [0.25, 0.3) is 0 Å². The van der Waals surface area contributed by atoms with E-state index in [0.717, 1.165) is 18.6 Å². The number of benzene rings is 1. The first-order valence-corrected chi connectivity index (χ1v) is 5.55. The Kier molecular flexibility index (Phi) is 5.29. The van der Waals surface area contributed by atoms with Crippen molar-refractivity contribution in [3.8, 4) is 5.75 Å². The maximum Gasteiger partial charge on any atom is 0.122 e. The van der Waals surface area contributed by atoms with Gasteiger partial charge in [0.2, 0.25) is 0 Å². The molecule has 1 atom stereocenters. The average molecular weight is 223 g/mol. The van der Waals surface area contributed by atoms with Gasteiger partial charge in [-0.1, -0.05) is 17.7 Å². The largest absolute Gasteiger partial charge is 0.496 e. The van der Waals surface area contributed by atoms with Gasteiger partial charge in [-0.05, 0) is 31.4 Å². The molecule has 0 fully saturated rings. The number of ether oxygens (including phenoxy) is 2. The first-order valence-electron chi connectivity index (χ1n) is 5.55. The summed E-state index contributed by atoms with van der Waals surface area (Å²) in [7, 11) is 3.38. The molecule has 0 spiro atoms. The fourth-order valence-corrected chi connectivity index (χ4v) is 1.72. The summed E-state index contributed by atoms with van der Waals surface area (Å²) in [6.07, 6.45) is 1.70. The maximum atomic E-state index is 6.03. The van der Waals surface area contributed by atoms with E-state index in [2.05, 4.69) is 13.0 Å². The highest BCUT2D eigenvalue weighted by molar-refractivity contribution is 5.37. The van der Waals surface area contributed by atoms with Crippen LogP contribution >= 0.6 is 0 Å². The standard InChI is InChI=1S/C13H21NO2/c1-10-4-5-13(16-3)11(8-10)9-12(14)6-7-15-2/h4-5,8,12H,6-7,9,14H2,1-3H3. The smallest absolute Gasteiger partial charge is 0.122 e. The molecule has 1 rings (SSSR count). The minimum absolute atomic E-state index is 0.121. The van der Waals surface area contributed by atoms with Crippen molar-refractivity contribution in [1.29, 1.82) is 0 Å². The van der Waals surface area contributed by atoms with Crippen molar-refractivity contribution < 1.29 is 9.47 Å². The molecule has 0 heterocycles. The Morgan fingerprint density at radius 1 is 1.31 bits per heavy atom. The molecule has 0 aliphatic heterocycles. The van der Waals surface area contributed by atoms with Gasteiger partial charge >= 0.3 is 0 Å². The second kappa shape index (κ2) is 6.51. The molecule has 1 aromatic carbocycles. The number of hydrogen-bond donors (Lipinski definition) is 1. The fraction of sp³-hybridized carbons (Fsp3) is 0.538. The predicted octanol–water partition coefficient (Wildman–Crippen LogP) is 1.91. The lowest BCUT2D eigenvalue weighted by Gasteiger charge is -2.14. The van der Waals surface area contributed by atoms with E-state index >= 15 is 0 Å². The van der Waals surface area contributed by atoms with E-state index in [9.17, 15) is 0 Å². The number of nitrogens with two attached hydrogens (primary N) is 1. The molecule has 90 valence electrons. The van der Waals surface area contributed by atoms with E-state index in [4.69, 9.17) is 15.2 Å². The second-order valence-corrected chi connectivity index (χ2v) is 4.06. The molecule has 0 amide bonds. The highest BCUT2D eigenvalue weighted by Crippen LogP contribution is 2.21. The molecule has 16 heavy (non-hydrogen) atoms. The molecule has 0 bridgehead atoms. The van der Waals surface area contributed by atoms with E-state index in [1.165, 1.54) is 11.1 Å². The van der Waals surface area contributed by atoms with Crippen LogP contribution in [0.1, 0.15) is 17.5 Å². The van der Waals surface area contributed by atoms with Gasteiger partial charge in [-0.2, -0.15) is 0 Å². The molecule has 0 radical (unpaired) electrons. The van der Waals surface area contributed by atoms with Crippen LogP contribution in [0.25, 0.3) is 0 Å². The van der Waals surface area contributed by atoms with Crippen molar-refractivity contribution in [3.63, 3.8) is 0 Å². The molecule has 3 heteroatoms. The van der Waals surface area contributed by atoms with Crippen molar-refractivity contribution in [1.82, 2.24) is 0 Å². The minimum Gasteiger partial charge on any atom is -0.496 e. The Labute approximate surface area is 97.6 Å². The van der Waals surface area contributed by atoms with Crippen LogP contribution in [-0.2, 0) is 11.2 Å². The first kappa shape index (κ1) is 13.0. The van der Waals surface area contributed by atoms with Crippen molar-refractivity contribution in [2.24, 2.45) is 5.73 Å². The summed E-state index contributed by atoms with van der Waals surface area (Å²) in [5, 5.41) is 0. The monoisotopic (exact) mass is 223 g/mol. The summed E-state index contributed by atoms with van der Waals surface area (Å²) in [5.74, 6) is 0.915. The summed E-state index contributed by atoms with van der Waals surface area (Å²) >= 11 is 0. The molecule has 0 aliphatic rings. The van der Waals surface area contributed by atoms with Crippen LogP contribution in [-0.4, -0.2) is 26.9 Å². The molecule has 0 aromatic heterocycles. The van der Waals surface area contributed by atoms with Gasteiger partial charge in [0.1, 0.15) is 5.75 Å². The highest BCUT2D eigenvalue weighted by Gasteiger charge is 2.08. The van der Waals surface area contributed by atoms with Gasteiger partial charge in [0, 0.05) is 19.8 Å². The summed E-state index contributed by atoms with van der Waals surface area (Å²) in [4.78, 5) is 0. The Hall–Kier alpha value is -1.06. The number of hydrogen-bond acceptors (Lipinski definition) is 3. The Bertz CT molecular complexity index is 326. The third-order valence-corrected chi connectivity index (χ3v) is 2.61. The van der Waals surface area contributed by atoms with Crippen LogP contribution < -0.4 is 10.5 Å². The van der Waals surface area contributed by atoms with Gasteiger partial charge in [-0.25, -0.2) is 0 Å². The van der Waals surface area contributed by atoms with Crippen LogP contribution in [0.2, 0.25) is 0 Å². The second-order valence-electron chi connectivity index (χ2n) is 4.06. The minimum atomic E-state index is 0.121. The normalized spacial score (nSPS) is 12.5. The van der Waals surface area contributed by atoms with Crippen LogP contribution in [0.4, 0.5) is 0 Å². The summed E-state index contributed by atoms with van der Waals surface area (Å²) < 4.78 is 10.3. The Morgan fingerprint density at radius 3 is 2.69 bits per heavy atom. The lowest BCUT2D eigenvalue weighted by molar-refractivity contribution is 0.187. The molecule has 1 aromatic rings. The molecule has 1 unspecified atom stereocenters. The lowest BCUT2D eigenvalue weighted by atomic mass is 10.0. The van der Waals surface area contributed by atoms with Crippen molar-refractivity contribution in [2.45, 2.75) is 25.8 Å². The Balaban J connectivity index is 2.67. The number of aryl methyl sites for hydroxylation is 1. The quantitative estimate of drug-likeness (QED) is 0.801. The molecular weight excluding hydrogens is 202 g/mol. The van der Waals surface area contributed by atoms with Gasteiger partial charge < -0.3 is 15.2 Å². The SMILES string of the molecule is COCCC(N)Cc1cc(C)ccc1OC. The first-order chi connectivity index (χ1) is 7.67. The summed E-state index contributed by atoms with van der Waals surface area (Å²) in [5.41, 5.74) is 8.43. The van der Waals surface area contributed by atoms with E-state index in [0.29, 0.717) is 6.61 Å².